The lowest BCUT2D eigenvalue weighted by Gasteiger charge is -2.53. The molecule has 2 fully saturated rings. The lowest BCUT2D eigenvalue weighted by Crippen LogP contribution is -2.59. The zero-order valence-corrected chi connectivity index (χ0v) is 15.3. The highest BCUT2D eigenvalue weighted by atomic mass is 16.5. The molecule has 0 spiro atoms. The Kier molecular flexibility index (Phi) is 3.88. The molecule has 6 heteroatoms. The van der Waals surface area contributed by atoms with Gasteiger partial charge >= 0.3 is 6.09 Å². The third-order valence-electron chi connectivity index (χ3n) is 7.49. The van der Waals surface area contributed by atoms with E-state index in [0.717, 1.165) is 32.1 Å². The Labute approximate surface area is 153 Å². The Morgan fingerprint density at radius 1 is 1.27 bits per heavy atom. The maximum atomic E-state index is 11.2. The van der Waals surface area contributed by atoms with Gasteiger partial charge in [0, 0.05) is 5.41 Å². The third kappa shape index (κ3) is 2.31. The molecule has 1 aromatic rings. The Morgan fingerprint density at radius 3 is 2.73 bits per heavy atom. The summed E-state index contributed by atoms with van der Waals surface area (Å²) in [6, 6.07) is 3.80. The average Bonchev–Trinajstić information content (AvgIpc) is 2.84. The van der Waals surface area contributed by atoms with Gasteiger partial charge in [-0.05, 0) is 79.5 Å². The van der Waals surface area contributed by atoms with Crippen molar-refractivity contribution in [3.8, 4) is 11.5 Å². The maximum absolute atomic E-state index is 11.2. The van der Waals surface area contributed by atoms with Crippen molar-refractivity contribution in [3.05, 3.63) is 23.3 Å². The second-order valence-corrected chi connectivity index (χ2v) is 8.42. The van der Waals surface area contributed by atoms with Crippen molar-refractivity contribution >= 4 is 6.09 Å². The molecule has 1 aromatic carbocycles. The molecule has 4 N–H and O–H groups in total. The summed E-state index contributed by atoms with van der Waals surface area (Å²) in [5, 5.41) is 32.8. The number of aryl methyl sites for hydroxylation is 1. The fourth-order valence-electron chi connectivity index (χ4n) is 6.15. The quantitative estimate of drug-likeness (QED) is 0.606. The standard InChI is InChI=1S/C20H27NO5/c1-19-7-5-12-13(15(19)6-8-20(19,25)21-18(23)24)4-3-11-9-16(22)17(26-2)10-14(11)12/h9-10,12-13,15,21-22,25H,3-8H2,1-2H3,(H,23,24)/t12?,13?,15?,19-,20+/m0/s1. The number of phenols is 1. The number of methoxy groups -OCH3 is 1. The van der Waals surface area contributed by atoms with Crippen LogP contribution in [0.15, 0.2) is 12.1 Å². The molecule has 2 saturated carbocycles. The molecule has 3 aliphatic carbocycles. The first-order chi connectivity index (χ1) is 12.3. The normalized spacial score (nSPS) is 38.0. The van der Waals surface area contributed by atoms with Crippen LogP contribution < -0.4 is 10.1 Å². The Morgan fingerprint density at radius 2 is 2.04 bits per heavy atom. The number of rotatable bonds is 2. The zero-order valence-electron chi connectivity index (χ0n) is 15.3. The van der Waals surface area contributed by atoms with E-state index >= 15 is 0 Å². The van der Waals surface area contributed by atoms with Crippen molar-refractivity contribution < 1.29 is 24.9 Å². The van der Waals surface area contributed by atoms with Crippen molar-refractivity contribution in [2.24, 2.45) is 17.3 Å². The van der Waals surface area contributed by atoms with E-state index in [1.807, 2.05) is 19.1 Å². The number of ether oxygens (including phenoxy) is 1. The van der Waals surface area contributed by atoms with Gasteiger partial charge in [-0.3, -0.25) is 5.32 Å². The summed E-state index contributed by atoms with van der Waals surface area (Å²) in [6.45, 7) is 2.05. The number of hydrogen-bond donors (Lipinski definition) is 4. The highest BCUT2D eigenvalue weighted by molar-refractivity contribution is 5.65. The summed E-state index contributed by atoms with van der Waals surface area (Å²) in [5.41, 5.74) is 0.650. The monoisotopic (exact) mass is 361 g/mol. The molecular formula is C20H27NO5. The minimum Gasteiger partial charge on any atom is -0.504 e. The van der Waals surface area contributed by atoms with Crippen LogP contribution in [-0.4, -0.2) is 34.2 Å². The van der Waals surface area contributed by atoms with E-state index in [1.165, 1.54) is 11.1 Å². The summed E-state index contributed by atoms with van der Waals surface area (Å²) in [7, 11) is 1.56. The number of amides is 1. The summed E-state index contributed by atoms with van der Waals surface area (Å²) in [4.78, 5) is 11.2. The lowest BCUT2D eigenvalue weighted by atomic mass is 9.54. The second-order valence-electron chi connectivity index (χ2n) is 8.42. The molecule has 26 heavy (non-hydrogen) atoms. The molecule has 142 valence electrons. The van der Waals surface area contributed by atoms with Crippen molar-refractivity contribution in [1.82, 2.24) is 5.32 Å². The molecular weight excluding hydrogens is 334 g/mol. The highest BCUT2D eigenvalue weighted by Gasteiger charge is 2.62. The van der Waals surface area contributed by atoms with Gasteiger partial charge in [-0.15, -0.1) is 0 Å². The van der Waals surface area contributed by atoms with Gasteiger partial charge in [0.2, 0.25) is 0 Å². The van der Waals surface area contributed by atoms with Crippen molar-refractivity contribution in [2.75, 3.05) is 7.11 Å². The zero-order chi connectivity index (χ0) is 18.7. The van der Waals surface area contributed by atoms with E-state index in [0.29, 0.717) is 24.0 Å². The van der Waals surface area contributed by atoms with Gasteiger partial charge in [-0.25, -0.2) is 4.79 Å². The van der Waals surface area contributed by atoms with E-state index in [9.17, 15) is 20.1 Å². The smallest absolute Gasteiger partial charge is 0.406 e. The summed E-state index contributed by atoms with van der Waals surface area (Å²) >= 11 is 0. The fraction of sp³-hybridized carbons (Fsp3) is 0.650. The number of carboxylic acid groups (broad SMARTS) is 1. The number of aliphatic hydroxyl groups is 1. The predicted molar refractivity (Wildman–Crippen MR) is 95.4 cm³/mol. The summed E-state index contributed by atoms with van der Waals surface area (Å²) < 4.78 is 5.31. The van der Waals surface area contributed by atoms with Crippen LogP contribution >= 0.6 is 0 Å². The minimum atomic E-state index is -1.35. The van der Waals surface area contributed by atoms with Gasteiger partial charge in [-0.2, -0.15) is 0 Å². The average molecular weight is 361 g/mol. The lowest BCUT2D eigenvalue weighted by molar-refractivity contribution is -0.118. The molecule has 3 unspecified atom stereocenters. The van der Waals surface area contributed by atoms with Crippen LogP contribution in [0, 0.1) is 17.3 Å². The van der Waals surface area contributed by atoms with E-state index in [1.54, 1.807) is 7.11 Å². The molecule has 0 aliphatic heterocycles. The van der Waals surface area contributed by atoms with Gasteiger partial charge < -0.3 is 20.1 Å². The first kappa shape index (κ1) is 17.5. The van der Waals surface area contributed by atoms with Crippen LogP contribution in [0.2, 0.25) is 0 Å². The van der Waals surface area contributed by atoms with Crippen molar-refractivity contribution in [2.45, 2.75) is 57.1 Å². The number of carbonyl (C=O) groups is 1. The topological polar surface area (TPSA) is 99.0 Å². The number of benzene rings is 1. The number of nitrogens with one attached hydrogen (secondary N) is 1. The van der Waals surface area contributed by atoms with Crippen LogP contribution in [-0.2, 0) is 6.42 Å². The Balaban J connectivity index is 1.68. The van der Waals surface area contributed by atoms with E-state index < -0.39 is 17.2 Å². The molecule has 0 heterocycles. The Bertz CT molecular complexity index is 750. The number of fused-ring (bicyclic) bond motifs is 5. The van der Waals surface area contributed by atoms with Crippen LogP contribution in [0.4, 0.5) is 4.79 Å². The van der Waals surface area contributed by atoms with Crippen molar-refractivity contribution in [3.63, 3.8) is 0 Å². The Hall–Kier alpha value is -1.95. The number of aromatic hydroxyl groups is 1. The van der Waals surface area contributed by atoms with Gasteiger partial charge in [0.15, 0.2) is 11.5 Å². The molecule has 5 atom stereocenters. The van der Waals surface area contributed by atoms with Gasteiger partial charge in [-0.1, -0.05) is 6.92 Å². The molecule has 3 aliphatic rings. The maximum Gasteiger partial charge on any atom is 0.406 e. The molecule has 0 radical (unpaired) electrons. The predicted octanol–water partition coefficient (Wildman–Crippen LogP) is 3.21. The first-order valence-corrected chi connectivity index (χ1v) is 9.42. The fourth-order valence-corrected chi connectivity index (χ4v) is 6.15. The molecule has 0 bridgehead atoms. The molecule has 6 nitrogen and oxygen atoms in total. The second kappa shape index (κ2) is 5.78. The van der Waals surface area contributed by atoms with E-state index in [-0.39, 0.29) is 11.7 Å². The van der Waals surface area contributed by atoms with Gasteiger partial charge in [0.05, 0.1) is 7.11 Å². The minimum absolute atomic E-state index is 0.186. The molecule has 4 rings (SSSR count). The summed E-state index contributed by atoms with van der Waals surface area (Å²) in [5.74, 6) is 1.77. The van der Waals surface area contributed by atoms with E-state index in [4.69, 9.17) is 4.74 Å². The van der Waals surface area contributed by atoms with Crippen LogP contribution in [0.5, 0.6) is 11.5 Å². The van der Waals surface area contributed by atoms with Gasteiger partial charge in [0.1, 0.15) is 5.72 Å². The van der Waals surface area contributed by atoms with Gasteiger partial charge in [0.25, 0.3) is 0 Å². The largest absolute Gasteiger partial charge is 0.504 e. The highest BCUT2D eigenvalue weighted by Crippen LogP contribution is 2.63. The van der Waals surface area contributed by atoms with Crippen LogP contribution in [0.25, 0.3) is 0 Å². The number of hydrogen-bond acceptors (Lipinski definition) is 4. The van der Waals surface area contributed by atoms with E-state index in [2.05, 4.69) is 5.32 Å². The van der Waals surface area contributed by atoms with Crippen molar-refractivity contribution in [1.29, 1.82) is 0 Å². The molecule has 1 amide bonds. The number of phenolic OH excluding ortho intramolecular Hbond substituents is 1. The summed E-state index contributed by atoms with van der Waals surface area (Å²) in [6.07, 6.45) is 3.72. The third-order valence-corrected chi connectivity index (χ3v) is 7.49. The molecule has 0 saturated heterocycles. The van der Waals surface area contributed by atoms with Crippen LogP contribution in [0.1, 0.15) is 56.1 Å². The molecule has 0 aromatic heterocycles. The van der Waals surface area contributed by atoms with Crippen LogP contribution in [0.3, 0.4) is 0 Å². The SMILES string of the molecule is COc1cc2c(cc1O)CCC1C2CC[C@@]2(C)C1CC[C@]2(O)NC(=O)O. The first-order valence-electron chi connectivity index (χ1n) is 9.42.